The molecule has 0 aliphatic carbocycles. The maximum absolute atomic E-state index is 13.7. The summed E-state index contributed by atoms with van der Waals surface area (Å²) in [6.45, 7) is 6.14. The number of ether oxygens (including phenoxy) is 1. The Morgan fingerprint density at radius 1 is 1.27 bits per heavy atom. The Kier molecular flexibility index (Phi) is 8.54. The van der Waals surface area contributed by atoms with Crippen LogP contribution in [-0.4, -0.2) is 63.2 Å². The Hall–Kier alpha value is -3.51. The highest BCUT2D eigenvalue weighted by molar-refractivity contribution is 6.03. The maximum Gasteiger partial charge on any atom is 0.435 e. The quantitative estimate of drug-likeness (QED) is 0.412. The molecule has 3 aromatic rings. The average molecular weight is 521 g/mol. The molecule has 0 aliphatic rings. The van der Waals surface area contributed by atoms with Crippen LogP contribution in [-0.2, 0) is 17.5 Å². The van der Waals surface area contributed by atoms with Crippen LogP contribution in [0.5, 0.6) is 0 Å². The third kappa shape index (κ3) is 7.49. The summed E-state index contributed by atoms with van der Waals surface area (Å²) in [5.41, 5.74) is -1.30. The Morgan fingerprint density at radius 3 is 2.59 bits per heavy atom. The van der Waals surface area contributed by atoms with Crippen LogP contribution >= 0.6 is 0 Å². The molecular weight excluding hydrogens is 489 g/mol. The number of halogens is 3. The van der Waals surface area contributed by atoms with Crippen LogP contribution in [0.15, 0.2) is 42.9 Å². The van der Waals surface area contributed by atoms with Gasteiger partial charge in [0.25, 0.3) is 5.91 Å². The highest BCUT2D eigenvalue weighted by Crippen LogP contribution is 2.35. The minimum absolute atomic E-state index is 0.0572. The van der Waals surface area contributed by atoms with Gasteiger partial charge in [-0.05, 0) is 39.0 Å². The smallest absolute Gasteiger partial charge is 0.390 e. The second-order valence-corrected chi connectivity index (χ2v) is 9.29. The normalized spacial score (nSPS) is 12.9. The van der Waals surface area contributed by atoms with Gasteiger partial charge in [-0.25, -0.2) is 9.97 Å². The van der Waals surface area contributed by atoms with Gasteiger partial charge < -0.3 is 20.1 Å². The SMILES string of the molecule is CCn1cc(-c2cccc(C(=O)Nc3cc(N(C)CC(CC(C)(C)O)OC)cnc3C(F)(F)F)n2)cn1. The molecule has 0 fully saturated rings. The van der Waals surface area contributed by atoms with Crippen molar-refractivity contribution in [3.05, 3.63) is 54.2 Å². The van der Waals surface area contributed by atoms with E-state index in [0.717, 1.165) is 6.20 Å². The summed E-state index contributed by atoms with van der Waals surface area (Å²) in [4.78, 5) is 22.5. The number of nitrogens with one attached hydrogen (secondary N) is 1. The van der Waals surface area contributed by atoms with Gasteiger partial charge in [0, 0.05) is 45.4 Å². The number of carbonyl (C=O) groups is 1. The van der Waals surface area contributed by atoms with Crippen LogP contribution in [0.25, 0.3) is 11.3 Å². The molecular formula is C25H31F3N6O3. The van der Waals surface area contributed by atoms with Crippen molar-refractivity contribution < 1.29 is 27.8 Å². The molecule has 1 atom stereocenters. The van der Waals surface area contributed by atoms with E-state index in [9.17, 15) is 23.1 Å². The lowest BCUT2D eigenvalue weighted by Gasteiger charge is -2.29. The molecule has 0 aliphatic heterocycles. The lowest BCUT2D eigenvalue weighted by atomic mass is 10.0. The Labute approximate surface area is 213 Å². The van der Waals surface area contributed by atoms with Crippen molar-refractivity contribution in [1.29, 1.82) is 0 Å². The molecule has 0 aromatic carbocycles. The number of pyridine rings is 2. The first-order valence-electron chi connectivity index (χ1n) is 11.7. The topological polar surface area (TPSA) is 105 Å². The Balaban J connectivity index is 1.87. The number of rotatable bonds is 10. The lowest BCUT2D eigenvalue weighted by molar-refractivity contribution is -0.140. The summed E-state index contributed by atoms with van der Waals surface area (Å²) in [5, 5.41) is 16.6. The summed E-state index contributed by atoms with van der Waals surface area (Å²) in [5.74, 6) is -0.811. The molecule has 3 rings (SSSR count). The Morgan fingerprint density at radius 2 is 2.00 bits per heavy atom. The summed E-state index contributed by atoms with van der Waals surface area (Å²) < 4.78 is 48.2. The minimum atomic E-state index is -4.79. The van der Waals surface area contributed by atoms with Crippen LogP contribution in [0.1, 0.15) is 43.4 Å². The second-order valence-electron chi connectivity index (χ2n) is 9.29. The van der Waals surface area contributed by atoms with Crippen LogP contribution in [0.3, 0.4) is 0 Å². The number of amides is 1. The van der Waals surface area contributed by atoms with Crippen molar-refractivity contribution in [3.8, 4) is 11.3 Å². The van der Waals surface area contributed by atoms with Gasteiger partial charge >= 0.3 is 6.18 Å². The molecule has 3 aromatic heterocycles. The molecule has 0 saturated heterocycles. The van der Waals surface area contributed by atoms with Crippen LogP contribution in [0.2, 0.25) is 0 Å². The standard InChI is InChI=1S/C25H31F3N6O3/c1-6-34-14-16(12-30-34)19-8-7-9-20(31-19)23(35)32-21-10-17(13-29-22(21)25(26,27)28)33(4)15-18(37-5)11-24(2,3)36/h7-10,12-14,18,36H,6,11,15H2,1-5H3,(H,32,35). The molecule has 9 nitrogen and oxygen atoms in total. The molecule has 3 heterocycles. The van der Waals surface area contributed by atoms with Gasteiger partial charge in [0.15, 0.2) is 5.69 Å². The van der Waals surface area contributed by atoms with Crippen LogP contribution in [0, 0.1) is 0 Å². The molecule has 0 saturated carbocycles. The van der Waals surface area contributed by atoms with Gasteiger partial charge in [0.05, 0.1) is 41.2 Å². The van der Waals surface area contributed by atoms with E-state index in [4.69, 9.17) is 4.74 Å². The van der Waals surface area contributed by atoms with Gasteiger partial charge in [-0.1, -0.05) is 6.07 Å². The molecule has 2 N–H and O–H groups in total. The predicted molar refractivity (Wildman–Crippen MR) is 133 cm³/mol. The maximum atomic E-state index is 13.7. The Bertz CT molecular complexity index is 1220. The predicted octanol–water partition coefficient (Wildman–Crippen LogP) is 4.24. The van der Waals surface area contributed by atoms with E-state index in [1.54, 1.807) is 55.0 Å². The summed E-state index contributed by atoms with van der Waals surface area (Å²) >= 11 is 0. The van der Waals surface area contributed by atoms with Gasteiger partial charge in [-0.2, -0.15) is 18.3 Å². The molecule has 0 radical (unpaired) electrons. The fourth-order valence-electron chi connectivity index (χ4n) is 3.75. The third-order valence-corrected chi connectivity index (χ3v) is 5.60. The zero-order chi connectivity index (χ0) is 27.4. The zero-order valence-corrected chi connectivity index (χ0v) is 21.4. The molecule has 1 unspecified atom stereocenters. The number of hydrogen-bond acceptors (Lipinski definition) is 7. The largest absolute Gasteiger partial charge is 0.435 e. The minimum Gasteiger partial charge on any atom is -0.390 e. The molecule has 12 heteroatoms. The molecule has 0 bridgehead atoms. The van der Waals surface area contributed by atoms with Crippen molar-refractivity contribution >= 4 is 17.3 Å². The van der Waals surface area contributed by atoms with Gasteiger partial charge in [-0.15, -0.1) is 0 Å². The van der Waals surface area contributed by atoms with E-state index >= 15 is 0 Å². The highest BCUT2D eigenvalue weighted by Gasteiger charge is 2.36. The number of carbonyl (C=O) groups excluding carboxylic acids is 1. The highest BCUT2D eigenvalue weighted by atomic mass is 19.4. The number of aromatic nitrogens is 4. The molecule has 0 spiro atoms. The number of aliphatic hydroxyl groups is 1. The monoisotopic (exact) mass is 520 g/mol. The summed E-state index contributed by atoms with van der Waals surface area (Å²) in [6.07, 6.45) is -0.428. The number of aryl methyl sites for hydroxylation is 1. The lowest BCUT2D eigenvalue weighted by Crippen LogP contribution is -2.36. The number of anilines is 2. The van der Waals surface area contributed by atoms with Crippen molar-refractivity contribution in [3.63, 3.8) is 0 Å². The van der Waals surface area contributed by atoms with Crippen molar-refractivity contribution in [2.45, 2.75) is 51.6 Å². The van der Waals surface area contributed by atoms with Gasteiger partial charge in [0.1, 0.15) is 5.69 Å². The summed E-state index contributed by atoms with van der Waals surface area (Å²) in [7, 11) is 3.16. The first-order valence-corrected chi connectivity index (χ1v) is 11.7. The number of likely N-dealkylation sites (N-methyl/N-ethyl adjacent to an activating group) is 1. The van der Waals surface area contributed by atoms with Gasteiger partial charge in [0.2, 0.25) is 0 Å². The van der Waals surface area contributed by atoms with Crippen LogP contribution in [0.4, 0.5) is 24.5 Å². The van der Waals surface area contributed by atoms with Crippen LogP contribution < -0.4 is 10.2 Å². The molecule has 37 heavy (non-hydrogen) atoms. The second kappa shape index (κ2) is 11.3. The number of alkyl halides is 3. The number of nitrogens with zero attached hydrogens (tertiary/aromatic N) is 5. The number of methoxy groups -OCH3 is 1. The fraction of sp³-hybridized carbons (Fsp3) is 0.440. The third-order valence-electron chi connectivity index (χ3n) is 5.60. The summed E-state index contributed by atoms with van der Waals surface area (Å²) in [6, 6.07) is 5.91. The van der Waals surface area contributed by atoms with Crippen molar-refractivity contribution in [2.24, 2.45) is 0 Å². The van der Waals surface area contributed by atoms with E-state index in [1.165, 1.54) is 19.2 Å². The molecule has 200 valence electrons. The van der Waals surface area contributed by atoms with Gasteiger partial charge in [-0.3, -0.25) is 9.48 Å². The first-order chi connectivity index (χ1) is 17.3. The fourth-order valence-corrected chi connectivity index (χ4v) is 3.75. The van der Waals surface area contributed by atoms with E-state index < -0.39 is 35.2 Å². The average Bonchev–Trinajstić information content (AvgIpc) is 3.31. The van der Waals surface area contributed by atoms with Crippen molar-refractivity contribution in [1.82, 2.24) is 19.7 Å². The van der Waals surface area contributed by atoms with E-state index in [0.29, 0.717) is 29.9 Å². The van der Waals surface area contributed by atoms with E-state index in [-0.39, 0.29) is 12.2 Å². The van der Waals surface area contributed by atoms with E-state index in [1.807, 2.05) is 6.92 Å². The first kappa shape index (κ1) is 28.1. The van der Waals surface area contributed by atoms with Crippen molar-refractivity contribution in [2.75, 3.05) is 30.9 Å². The zero-order valence-electron chi connectivity index (χ0n) is 21.4. The molecule has 1 amide bonds. The van der Waals surface area contributed by atoms with E-state index in [2.05, 4.69) is 20.4 Å². The number of hydrogen-bond donors (Lipinski definition) is 2.